The lowest BCUT2D eigenvalue weighted by molar-refractivity contribution is 0.944. The molecule has 0 radical (unpaired) electrons. The predicted molar refractivity (Wildman–Crippen MR) is 77.1 cm³/mol. The monoisotopic (exact) mass is 251 g/mol. The maximum Gasteiger partial charge on any atom is 0.124 e. The van der Waals surface area contributed by atoms with Crippen molar-refractivity contribution in [1.29, 1.82) is 5.26 Å². The number of aromatic nitrogens is 1. The van der Waals surface area contributed by atoms with Gasteiger partial charge in [0.05, 0.1) is 5.56 Å². The van der Waals surface area contributed by atoms with Crippen LogP contribution in [0.2, 0.25) is 0 Å². The molecule has 0 bridgehead atoms. The number of benzene rings is 1. The lowest BCUT2D eigenvalue weighted by Crippen LogP contribution is -2.18. The van der Waals surface area contributed by atoms with Crippen molar-refractivity contribution in [2.75, 3.05) is 18.0 Å². The molecule has 0 atom stereocenters. The molecule has 0 aliphatic carbocycles. The first-order chi connectivity index (χ1) is 9.28. The van der Waals surface area contributed by atoms with Crippen molar-refractivity contribution in [3.63, 3.8) is 0 Å². The zero-order valence-corrected chi connectivity index (χ0v) is 11.1. The summed E-state index contributed by atoms with van der Waals surface area (Å²) in [7, 11) is 0. The van der Waals surface area contributed by atoms with Gasteiger partial charge in [-0.1, -0.05) is 29.8 Å². The number of H-pyrrole nitrogens is 1. The van der Waals surface area contributed by atoms with E-state index in [1.165, 1.54) is 18.4 Å². The average Bonchev–Trinajstić information content (AvgIpc) is 3.08. The van der Waals surface area contributed by atoms with Crippen LogP contribution in [0.15, 0.2) is 30.3 Å². The number of nitriles is 1. The number of nitrogens with zero attached hydrogens (tertiary/aromatic N) is 2. The molecule has 1 fully saturated rings. The third kappa shape index (κ3) is 2.22. The lowest BCUT2D eigenvalue weighted by atomic mass is 10.1. The average molecular weight is 251 g/mol. The maximum absolute atomic E-state index is 9.29. The minimum atomic E-state index is 0.748. The lowest BCUT2D eigenvalue weighted by Gasteiger charge is -2.15. The SMILES string of the molecule is Cc1ccc(-c2cc(C#N)c(N3CCCC3)[nH]2)cc1. The van der Waals surface area contributed by atoms with Crippen molar-refractivity contribution in [2.45, 2.75) is 19.8 Å². The molecular weight excluding hydrogens is 234 g/mol. The van der Waals surface area contributed by atoms with Gasteiger partial charge >= 0.3 is 0 Å². The highest BCUT2D eigenvalue weighted by Gasteiger charge is 2.18. The van der Waals surface area contributed by atoms with Gasteiger partial charge in [-0.25, -0.2) is 0 Å². The Balaban J connectivity index is 1.99. The molecule has 0 unspecified atom stereocenters. The van der Waals surface area contributed by atoms with Crippen molar-refractivity contribution in [2.24, 2.45) is 0 Å². The smallest absolute Gasteiger partial charge is 0.124 e. The van der Waals surface area contributed by atoms with Crippen LogP contribution in [0.5, 0.6) is 0 Å². The van der Waals surface area contributed by atoms with Crippen LogP contribution in [0.1, 0.15) is 24.0 Å². The Morgan fingerprint density at radius 2 is 1.84 bits per heavy atom. The minimum absolute atomic E-state index is 0.748. The summed E-state index contributed by atoms with van der Waals surface area (Å²) in [6, 6.07) is 12.6. The topological polar surface area (TPSA) is 42.8 Å². The number of anilines is 1. The van der Waals surface area contributed by atoms with Gasteiger partial charge in [0, 0.05) is 18.8 Å². The van der Waals surface area contributed by atoms with Gasteiger partial charge in [0.25, 0.3) is 0 Å². The molecule has 1 aliphatic rings. The molecule has 1 saturated heterocycles. The molecular formula is C16H17N3. The van der Waals surface area contributed by atoms with Crippen LogP contribution in [0.25, 0.3) is 11.3 Å². The number of hydrogen-bond donors (Lipinski definition) is 1. The van der Waals surface area contributed by atoms with Crippen LogP contribution >= 0.6 is 0 Å². The van der Waals surface area contributed by atoms with E-state index in [1.54, 1.807) is 0 Å². The van der Waals surface area contributed by atoms with Crippen molar-refractivity contribution in [3.05, 3.63) is 41.5 Å². The number of aryl methyl sites for hydroxylation is 1. The summed E-state index contributed by atoms with van der Waals surface area (Å²) in [5, 5.41) is 9.29. The second-order valence-electron chi connectivity index (χ2n) is 5.12. The first kappa shape index (κ1) is 11.9. The van der Waals surface area contributed by atoms with Crippen LogP contribution < -0.4 is 4.90 Å². The quantitative estimate of drug-likeness (QED) is 0.888. The fraction of sp³-hybridized carbons (Fsp3) is 0.312. The third-order valence-electron chi connectivity index (χ3n) is 3.70. The van der Waals surface area contributed by atoms with E-state index in [-0.39, 0.29) is 0 Å². The number of aromatic amines is 1. The fourth-order valence-electron chi connectivity index (χ4n) is 2.61. The Morgan fingerprint density at radius 3 is 2.47 bits per heavy atom. The number of rotatable bonds is 2. The number of hydrogen-bond acceptors (Lipinski definition) is 2. The Labute approximate surface area is 113 Å². The van der Waals surface area contributed by atoms with Crippen LogP contribution in [0.4, 0.5) is 5.82 Å². The first-order valence-corrected chi connectivity index (χ1v) is 6.73. The first-order valence-electron chi connectivity index (χ1n) is 6.73. The van der Waals surface area contributed by atoms with E-state index in [4.69, 9.17) is 0 Å². The zero-order valence-electron chi connectivity index (χ0n) is 11.1. The molecule has 19 heavy (non-hydrogen) atoms. The highest BCUT2D eigenvalue weighted by molar-refractivity contribution is 5.69. The number of nitrogens with one attached hydrogen (secondary N) is 1. The summed E-state index contributed by atoms with van der Waals surface area (Å²) >= 11 is 0. The normalized spacial score (nSPS) is 14.6. The standard InChI is InChI=1S/C16H17N3/c1-12-4-6-13(7-5-12)15-10-14(11-17)16(18-15)19-8-2-3-9-19/h4-7,10,18H,2-3,8-9H2,1H3. The molecule has 96 valence electrons. The summed E-state index contributed by atoms with van der Waals surface area (Å²) in [5.41, 5.74) is 4.15. The molecule has 2 heterocycles. The van der Waals surface area contributed by atoms with E-state index in [1.807, 2.05) is 6.07 Å². The van der Waals surface area contributed by atoms with Gasteiger partial charge in [0.1, 0.15) is 11.9 Å². The van der Waals surface area contributed by atoms with E-state index in [9.17, 15) is 5.26 Å². The van der Waals surface area contributed by atoms with Crippen molar-refractivity contribution in [3.8, 4) is 17.3 Å². The largest absolute Gasteiger partial charge is 0.357 e. The van der Waals surface area contributed by atoms with Gasteiger partial charge in [-0.2, -0.15) is 5.26 Å². The van der Waals surface area contributed by atoms with Gasteiger partial charge in [0.15, 0.2) is 0 Å². The van der Waals surface area contributed by atoms with Gasteiger partial charge in [-0.15, -0.1) is 0 Å². The van der Waals surface area contributed by atoms with E-state index < -0.39 is 0 Å². The van der Waals surface area contributed by atoms with Gasteiger partial charge in [-0.05, 0) is 31.4 Å². The van der Waals surface area contributed by atoms with E-state index in [2.05, 4.69) is 47.1 Å². The summed E-state index contributed by atoms with van der Waals surface area (Å²) in [5.74, 6) is 0.982. The predicted octanol–water partition coefficient (Wildman–Crippen LogP) is 3.46. The Kier molecular flexibility index (Phi) is 3.00. The molecule has 3 rings (SSSR count). The van der Waals surface area contributed by atoms with Crippen molar-refractivity contribution < 1.29 is 0 Å². The molecule has 0 saturated carbocycles. The summed E-state index contributed by atoms with van der Waals surface area (Å²) in [6.45, 7) is 4.17. The van der Waals surface area contributed by atoms with E-state index in [0.717, 1.165) is 35.7 Å². The fourth-order valence-corrected chi connectivity index (χ4v) is 2.61. The molecule has 2 aromatic rings. The van der Waals surface area contributed by atoms with Gasteiger partial charge < -0.3 is 9.88 Å². The Hall–Kier alpha value is -2.21. The zero-order chi connectivity index (χ0) is 13.2. The summed E-state index contributed by atoms with van der Waals surface area (Å²) in [4.78, 5) is 5.69. The second-order valence-corrected chi connectivity index (χ2v) is 5.12. The molecule has 0 amide bonds. The molecule has 1 aromatic heterocycles. The Bertz CT molecular complexity index is 610. The highest BCUT2D eigenvalue weighted by atomic mass is 15.2. The minimum Gasteiger partial charge on any atom is -0.357 e. The molecule has 1 N–H and O–H groups in total. The van der Waals surface area contributed by atoms with Crippen molar-refractivity contribution in [1.82, 2.24) is 4.98 Å². The Morgan fingerprint density at radius 1 is 1.16 bits per heavy atom. The van der Waals surface area contributed by atoms with E-state index >= 15 is 0 Å². The molecule has 1 aliphatic heterocycles. The highest BCUT2D eigenvalue weighted by Crippen LogP contribution is 2.29. The van der Waals surface area contributed by atoms with E-state index in [0.29, 0.717) is 0 Å². The van der Waals surface area contributed by atoms with Crippen LogP contribution in [-0.2, 0) is 0 Å². The molecule has 3 heteroatoms. The van der Waals surface area contributed by atoms with Crippen LogP contribution in [0.3, 0.4) is 0 Å². The maximum atomic E-state index is 9.29. The van der Waals surface area contributed by atoms with Crippen molar-refractivity contribution >= 4 is 5.82 Å². The molecule has 1 aromatic carbocycles. The molecule has 3 nitrogen and oxygen atoms in total. The third-order valence-corrected chi connectivity index (χ3v) is 3.70. The molecule has 0 spiro atoms. The van der Waals surface area contributed by atoms with Crippen LogP contribution in [-0.4, -0.2) is 18.1 Å². The van der Waals surface area contributed by atoms with Crippen LogP contribution in [0, 0.1) is 18.3 Å². The summed E-state index contributed by atoms with van der Waals surface area (Å²) < 4.78 is 0. The van der Waals surface area contributed by atoms with Gasteiger partial charge in [0.2, 0.25) is 0 Å². The summed E-state index contributed by atoms with van der Waals surface area (Å²) in [6.07, 6.45) is 2.42. The second kappa shape index (κ2) is 4.81. The van der Waals surface area contributed by atoms with Gasteiger partial charge in [-0.3, -0.25) is 0 Å².